The Hall–Kier alpha value is -9.15. The van der Waals surface area contributed by atoms with Gasteiger partial charge in [0.05, 0.1) is 0 Å². The van der Waals surface area contributed by atoms with Crippen molar-refractivity contribution < 1.29 is 122 Å². The molecule has 0 amide bonds. The van der Waals surface area contributed by atoms with E-state index in [2.05, 4.69) is 225 Å². The van der Waals surface area contributed by atoms with E-state index in [1.54, 1.807) is 24.4 Å². The van der Waals surface area contributed by atoms with E-state index in [0.29, 0.717) is 27.9 Å². The number of alkyl halides is 3. The summed E-state index contributed by atoms with van der Waals surface area (Å²) >= 11 is 0. The molecule has 15 rings (SSSR count). The van der Waals surface area contributed by atoms with Crippen LogP contribution in [0.25, 0.3) is 112 Å². The molecule has 0 aliphatic carbocycles. The number of benzene rings is 10. The Morgan fingerprint density at radius 2 is 0.598 bits per heavy atom. The van der Waals surface area contributed by atoms with Gasteiger partial charge in [0.2, 0.25) is 0 Å². The molecule has 667 valence electrons. The molecule has 0 aliphatic heterocycles. The van der Waals surface area contributed by atoms with Gasteiger partial charge in [-0.2, -0.15) is 13.2 Å². The van der Waals surface area contributed by atoms with Crippen molar-refractivity contribution in [1.82, 2.24) is 24.9 Å². The van der Waals surface area contributed by atoms with Crippen LogP contribution in [0.2, 0.25) is 0 Å². The van der Waals surface area contributed by atoms with E-state index in [-0.39, 0.29) is 118 Å². The minimum absolute atomic E-state index is 0. The molecule has 0 saturated heterocycles. The number of rotatable bonds is 26. The summed E-state index contributed by atoms with van der Waals surface area (Å²) in [6.45, 7) is 21.1. The number of unbranched alkanes of at least 4 members (excludes halogenated alkanes) is 6. The van der Waals surface area contributed by atoms with Gasteiger partial charge in [-0.25, -0.2) is 0 Å². The van der Waals surface area contributed by atoms with E-state index < -0.39 is 11.7 Å². The fourth-order valence-electron chi connectivity index (χ4n) is 14.0. The summed E-state index contributed by atoms with van der Waals surface area (Å²) in [6.07, 6.45) is 23.0. The standard InChI is InChI=1S/C23H21F3N.C23H24N.2C22H21FN.C22H22N.5Ir/c1-3-4-6-17-7-5-8-18(13-17)20-14-19(10-11-21(20)23(24,25)26)22-12-9-16(2)15-27-22;1-3-4-5-7-19-12-15-23(24-17-19)22-9-6-8-21(16-22)20-13-10-18(2)11-14-20;1-3-4-6-17-7-5-8-18(13-17)20-14-19(10-11-21(20)23)22-12-9-16(2)15-24-22;1-3-4-5-17-7-9-18(10-8-17)20-14-19(11-12-21(20)23)22-13-6-16(2)15-24-22;1-3-4-8-18-12-13-22(23-16-18)21-11-6-10-20(15-21)19-9-5-7-17(2)14-19;;;;;/h5,7-9,11-15H,3-4,6H2,1-2H3;6,8,10-17H,3-5,7H2,1-2H3;5,7-9,11-15H,3-4,6H2,1-2H3;6-10,12-15H,3-5H2,1-2H3;5-7,9-10,12-16H,3-4,8H2,1-2H3;;;;;/q5*-1;;;;;. The zero-order valence-corrected chi connectivity index (χ0v) is 85.7. The average Bonchev–Trinajstić information content (AvgIpc) is 0.780. The molecule has 0 unspecified atom stereocenters. The Morgan fingerprint density at radius 1 is 0.260 bits per heavy atom. The van der Waals surface area contributed by atoms with E-state index in [4.69, 9.17) is 0 Å². The minimum Gasteiger partial charge on any atom is -0.304 e. The molecule has 0 spiro atoms. The zero-order chi connectivity index (χ0) is 86.2. The molecule has 5 radical (unpaired) electrons. The van der Waals surface area contributed by atoms with Crippen LogP contribution in [-0.2, 0) is 139 Å². The maximum Gasteiger partial charge on any atom is 0.382 e. The summed E-state index contributed by atoms with van der Waals surface area (Å²) in [4.78, 5) is 22.4. The van der Waals surface area contributed by atoms with Crippen molar-refractivity contribution in [3.63, 3.8) is 0 Å². The number of hydrogen-bond donors (Lipinski definition) is 0. The van der Waals surface area contributed by atoms with Crippen LogP contribution in [0.4, 0.5) is 22.0 Å². The van der Waals surface area contributed by atoms with Crippen LogP contribution >= 0.6 is 0 Å². The third-order valence-electron chi connectivity index (χ3n) is 21.2. The zero-order valence-electron chi connectivity index (χ0n) is 73.7. The number of hydrogen-bond acceptors (Lipinski definition) is 5. The van der Waals surface area contributed by atoms with E-state index in [1.165, 1.54) is 113 Å². The molecule has 0 aliphatic rings. The molecular weight excluding hydrogens is 2470 g/mol. The molecule has 15 heteroatoms. The smallest absolute Gasteiger partial charge is 0.304 e. The van der Waals surface area contributed by atoms with Gasteiger partial charge in [-0.15, -0.1) is 142 Å². The molecule has 0 atom stereocenters. The second-order valence-corrected chi connectivity index (χ2v) is 31.3. The summed E-state index contributed by atoms with van der Waals surface area (Å²) in [6, 6.07) is 98.0. The van der Waals surface area contributed by atoms with Crippen molar-refractivity contribution in [3.8, 4) is 112 Å². The van der Waals surface area contributed by atoms with Crippen LogP contribution in [0.3, 0.4) is 0 Å². The SMILES string of the molecule is CCCCCc1ccc(-c2[c-]ccc(-c3ccc(C)cc3)c2)nc1.CCCCc1ccc(-c2[c-]ccc(-c3cccc(C)c3)c2)nc1.CCCCc1ccc(-c2cc(-c3ccc(C)cn3)[c-]cc2F)cc1.CCCCc1cccc(-c2cc(-c3ccc(C)cn3)[c-]cc2C(F)(F)F)c1.CCCCc1cccc(-c2cc(-c3ccc(C)cn3)[c-]cc2F)c1.[Ir].[Ir].[Ir].[Ir].[Ir]. The minimum atomic E-state index is -4.44. The number of aryl methyl sites for hydroxylation is 10. The second kappa shape index (κ2) is 55.0. The number of aromatic nitrogens is 5. The Balaban J connectivity index is 0.000000243. The van der Waals surface area contributed by atoms with E-state index >= 15 is 0 Å². The summed E-state index contributed by atoms with van der Waals surface area (Å²) in [7, 11) is 0. The van der Waals surface area contributed by atoms with Gasteiger partial charge in [-0.05, 0) is 205 Å². The summed E-state index contributed by atoms with van der Waals surface area (Å²) in [5.41, 5.74) is 28.4. The van der Waals surface area contributed by atoms with Gasteiger partial charge in [0.15, 0.2) is 0 Å². The maximum absolute atomic E-state index is 14.4. The molecule has 0 N–H and O–H groups in total. The molecule has 0 fully saturated rings. The van der Waals surface area contributed by atoms with Crippen LogP contribution in [0.1, 0.15) is 166 Å². The van der Waals surface area contributed by atoms with Crippen LogP contribution in [0.5, 0.6) is 0 Å². The summed E-state index contributed by atoms with van der Waals surface area (Å²) in [5, 5.41) is 0. The largest absolute Gasteiger partial charge is 0.382 e. The van der Waals surface area contributed by atoms with Crippen molar-refractivity contribution in [3.05, 3.63) is 389 Å². The molecule has 0 bridgehead atoms. The summed E-state index contributed by atoms with van der Waals surface area (Å²) in [5.74, 6) is -0.509. The Bertz CT molecular complexity index is 5770. The van der Waals surface area contributed by atoms with Crippen molar-refractivity contribution in [2.75, 3.05) is 0 Å². The van der Waals surface area contributed by atoms with Crippen LogP contribution < -0.4 is 0 Å². The fraction of sp³-hybridized carbons (Fsp3) is 0.241. The second-order valence-electron chi connectivity index (χ2n) is 31.3. The van der Waals surface area contributed by atoms with Crippen molar-refractivity contribution >= 4 is 0 Å². The van der Waals surface area contributed by atoms with Gasteiger partial charge in [-0.3, -0.25) is 8.78 Å². The molecule has 10 aromatic carbocycles. The monoisotopic (exact) mass is 2580 g/mol. The van der Waals surface area contributed by atoms with Gasteiger partial charge < -0.3 is 24.9 Å². The first-order chi connectivity index (χ1) is 59.2. The van der Waals surface area contributed by atoms with Crippen LogP contribution in [0.15, 0.2) is 286 Å². The molecule has 5 heterocycles. The molecule has 5 aromatic heterocycles. The third kappa shape index (κ3) is 32.8. The van der Waals surface area contributed by atoms with Gasteiger partial charge in [0, 0.05) is 143 Å². The third-order valence-corrected chi connectivity index (χ3v) is 21.2. The van der Waals surface area contributed by atoms with Crippen LogP contribution in [0, 0.1) is 76.6 Å². The average molecular weight is 2580 g/mol. The molecular formula is C112H109F5Ir5N5-5. The van der Waals surface area contributed by atoms with Crippen molar-refractivity contribution in [2.45, 2.75) is 178 Å². The quantitative estimate of drug-likeness (QED) is 0.0307. The number of pyridine rings is 5. The van der Waals surface area contributed by atoms with Gasteiger partial charge >= 0.3 is 6.18 Å². The predicted octanol–water partition coefficient (Wildman–Crippen LogP) is 31.0. The maximum atomic E-state index is 14.4. The van der Waals surface area contributed by atoms with E-state index in [1.807, 2.05) is 143 Å². The van der Waals surface area contributed by atoms with Crippen molar-refractivity contribution in [2.24, 2.45) is 0 Å². The molecule has 0 saturated carbocycles. The molecule has 127 heavy (non-hydrogen) atoms. The van der Waals surface area contributed by atoms with E-state index in [0.717, 1.165) is 142 Å². The van der Waals surface area contributed by atoms with E-state index in [9.17, 15) is 22.0 Å². The Morgan fingerprint density at radius 3 is 1.02 bits per heavy atom. The fourth-order valence-corrected chi connectivity index (χ4v) is 14.0. The normalized spacial score (nSPS) is 10.5. The predicted molar refractivity (Wildman–Crippen MR) is 496 cm³/mol. The van der Waals surface area contributed by atoms with Gasteiger partial charge in [0.1, 0.15) is 0 Å². The Kier molecular flexibility index (Phi) is 46.2. The van der Waals surface area contributed by atoms with Gasteiger partial charge in [-0.1, -0.05) is 283 Å². The topological polar surface area (TPSA) is 64.5 Å². The number of nitrogens with zero attached hydrogens (tertiary/aromatic N) is 5. The first kappa shape index (κ1) is 107. The molecule has 5 nitrogen and oxygen atoms in total. The first-order valence-corrected chi connectivity index (χ1v) is 43.0. The summed E-state index contributed by atoms with van der Waals surface area (Å²) < 4.78 is 69.4. The Labute approximate surface area is 818 Å². The first-order valence-electron chi connectivity index (χ1n) is 43.0. The molecule has 15 aromatic rings. The van der Waals surface area contributed by atoms with Gasteiger partial charge in [0.25, 0.3) is 0 Å². The van der Waals surface area contributed by atoms with Crippen LogP contribution in [-0.4, -0.2) is 24.9 Å². The van der Waals surface area contributed by atoms with Crippen molar-refractivity contribution in [1.29, 1.82) is 0 Å². The number of halogens is 5.